The van der Waals surface area contributed by atoms with Crippen molar-refractivity contribution in [2.75, 3.05) is 13.6 Å². The van der Waals surface area contributed by atoms with Crippen molar-refractivity contribution in [1.29, 1.82) is 0 Å². The van der Waals surface area contributed by atoms with E-state index in [1.807, 2.05) is 0 Å². The minimum Gasteiger partial charge on any atom is -0.392 e. The Labute approximate surface area is 106 Å². The minimum absolute atomic E-state index is 0.217. The third-order valence-corrected chi connectivity index (χ3v) is 2.88. The zero-order valence-electron chi connectivity index (χ0n) is 9.73. The molecule has 0 bridgehead atoms. The summed E-state index contributed by atoms with van der Waals surface area (Å²) in [6.07, 6.45) is -1.44. The number of hydrogen-bond donors (Lipinski definition) is 4. The second kappa shape index (κ2) is 6.93. The summed E-state index contributed by atoms with van der Waals surface area (Å²) in [7, 11) is 1.78. The van der Waals surface area contributed by atoms with Crippen LogP contribution in [0.2, 0.25) is 5.02 Å². The molecule has 0 radical (unpaired) electrons. The fraction of sp³-hybridized carbons (Fsp3) is 0.500. The first-order valence-corrected chi connectivity index (χ1v) is 5.87. The predicted octanol–water partition coefficient (Wildman–Crippen LogP) is 0.836. The molecule has 2 atom stereocenters. The third-order valence-electron chi connectivity index (χ3n) is 2.65. The standard InChI is InChI=1S/C12H18ClNO3/c1-14-5-4-11(16)12(17)10-3-2-9(13)6-8(10)7-15/h2-3,6,11-12,14-17H,4-5,7H2,1H3. The van der Waals surface area contributed by atoms with Crippen LogP contribution in [0.4, 0.5) is 0 Å². The minimum atomic E-state index is -1.01. The van der Waals surface area contributed by atoms with Crippen LogP contribution in [0.1, 0.15) is 23.7 Å². The molecule has 0 spiro atoms. The molecule has 0 saturated carbocycles. The molecule has 0 amide bonds. The van der Waals surface area contributed by atoms with Crippen molar-refractivity contribution in [3.05, 3.63) is 34.3 Å². The maximum atomic E-state index is 9.99. The summed E-state index contributed by atoms with van der Waals surface area (Å²) in [5.74, 6) is 0. The summed E-state index contributed by atoms with van der Waals surface area (Å²) < 4.78 is 0. The molecule has 1 aromatic carbocycles. The van der Waals surface area contributed by atoms with E-state index in [1.54, 1.807) is 25.2 Å². The number of rotatable bonds is 6. The summed E-state index contributed by atoms with van der Waals surface area (Å²) in [5, 5.41) is 32.4. The summed E-state index contributed by atoms with van der Waals surface area (Å²) >= 11 is 5.80. The van der Waals surface area contributed by atoms with Gasteiger partial charge in [-0.15, -0.1) is 0 Å². The molecule has 1 rings (SSSR count). The van der Waals surface area contributed by atoms with Crippen LogP contribution < -0.4 is 5.32 Å². The van der Waals surface area contributed by atoms with Gasteiger partial charge in [-0.2, -0.15) is 0 Å². The Morgan fingerprint density at radius 1 is 1.35 bits per heavy atom. The van der Waals surface area contributed by atoms with Crippen LogP contribution in [0.3, 0.4) is 0 Å². The van der Waals surface area contributed by atoms with Gasteiger partial charge in [-0.1, -0.05) is 17.7 Å². The van der Waals surface area contributed by atoms with Crippen LogP contribution in [0.5, 0.6) is 0 Å². The highest BCUT2D eigenvalue weighted by molar-refractivity contribution is 6.30. The van der Waals surface area contributed by atoms with E-state index in [4.69, 9.17) is 11.6 Å². The van der Waals surface area contributed by atoms with Gasteiger partial charge >= 0.3 is 0 Å². The molecule has 0 aliphatic carbocycles. The highest BCUT2D eigenvalue weighted by Crippen LogP contribution is 2.25. The van der Waals surface area contributed by atoms with Crippen molar-refractivity contribution in [2.24, 2.45) is 0 Å². The molecule has 17 heavy (non-hydrogen) atoms. The Hall–Kier alpha value is -0.650. The zero-order valence-corrected chi connectivity index (χ0v) is 10.5. The van der Waals surface area contributed by atoms with Crippen molar-refractivity contribution in [3.63, 3.8) is 0 Å². The highest BCUT2D eigenvalue weighted by Gasteiger charge is 2.20. The van der Waals surface area contributed by atoms with Crippen LogP contribution in [0.25, 0.3) is 0 Å². The Morgan fingerprint density at radius 3 is 2.65 bits per heavy atom. The molecule has 4 nitrogen and oxygen atoms in total. The largest absolute Gasteiger partial charge is 0.392 e. The SMILES string of the molecule is CNCCC(O)C(O)c1ccc(Cl)cc1CO. The van der Waals surface area contributed by atoms with Gasteiger partial charge in [0.05, 0.1) is 12.7 Å². The Balaban J connectivity index is 2.83. The van der Waals surface area contributed by atoms with Crippen molar-refractivity contribution in [2.45, 2.75) is 25.2 Å². The number of aliphatic hydroxyl groups is 3. The predicted molar refractivity (Wildman–Crippen MR) is 66.9 cm³/mol. The van der Waals surface area contributed by atoms with Gasteiger partial charge in [0.2, 0.25) is 0 Å². The Kier molecular flexibility index (Phi) is 5.88. The van der Waals surface area contributed by atoms with Crippen LogP contribution in [0.15, 0.2) is 18.2 Å². The number of benzene rings is 1. The van der Waals surface area contributed by atoms with Gasteiger partial charge in [-0.05, 0) is 43.3 Å². The van der Waals surface area contributed by atoms with Gasteiger partial charge in [0.1, 0.15) is 6.10 Å². The van der Waals surface area contributed by atoms with E-state index in [0.717, 1.165) is 0 Å². The monoisotopic (exact) mass is 259 g/mol. The molecule has 96 valence electrons. The lowest BCUT2D eigenvalue weighted by Gasteiger charge is -2.20. The molecule has 0 fully saturated rings. The van der Waals surface area contributed by atoms with Crippen LogP contribution >= 0.6 is 11.6 Å². The first kappa shape index (κ1) is 14.4. The van der Waals surface area contributed by atoms with E-state index in [0.29, 0.717) is 29.1 Å². The third kappa shape index (κ3) is 3.94. The maximum absolute atomic E-state index is 9.99. The van der Waals surface area contributed by atoms with Crippen LogP contribution in [0, 0.1) is 0 Å². The average Bonchev–Trinajstić information content (AvgIpc) is 2.34. The molecule has 0 heterocycles. The van der Waals surface area contributed by atoms with Gasteiger partial charge in [0, 0.05) is 5.02 Å². The van der Waals surface area contributed by atoms with Gasteiger partial charge < -0.3 is 20.6 Å². The number of hydrogen-bond acceptors (Lipinski definition) is 4. The second-order valence-electron chi connectivity index (χ2n) is 3.91. The van der Waals surface area contributed by atoms with Crippen molar-refractivity contribution in [3.8, 4) is 0 Å². The summed E-state index contributed by atoms with van der Waals surface area (Å²) in [6.45, 7) is 0.395. The van der Waals surface area contributed by atoms with E-state index in [1.165, 1.54) is 0 Å². The first-order valence-electron chi connectivity index (χ1n) is 5.50. The lowest BCUT2D eigenvalue weighted by Crippen LogP contribution is -2.24. The molecule has 0 aromatic heterocycles. The molecule has 2 unspecified atom stereocenters. The number of halogens is 1. The fourth-order valence-electron chi connectivity index (χ4n) is 1.66. The van der Waals surface area contributed by atoms with Crippen molar-refractivity contribution >= 4 is 11.6 Å². The molecule has 0 aliphatic heterocycles. The quantitative estimate of drug-likeness (QED) is 0.611. The Morgan fingerprint density at radius 2 is 2.06 bits per heavy atom. The van der Waals surface area contributed by atoms with Gasteiger partial charge in [-0.25, -0.2) is 0 Å². The van der Waals surface area contributed by atoms with E-state index < -0.39 is 12.2 Å². The smallest absolute Gasteiger partial charge is 0.105 e. The van der Waals surface area contributed by atoms with E-state index >= 15 is 0 Å². The lowest BCUT2D eigenvalue weighted by atomic mass is 9.97. The highest BCUT2D eigenvalue weighted by atomic mass is 35.5. The van der Waals surface area contributed by atoms with Gasteiger partial charge in [-0.3, -0.25) is 0 Å². The molecule has 5 heteroatoms. The molecule has 0 aliphatic rings. The fourth-order valence-corrected chi connectivity index (χ4v) is 1.85. The molecule has 0 saturated heterocycles. The van der Waals surface area contributed by atoms with Crippen LogP contribution in [-0.2, 0) is 6.61 Å². The average molecular weight is 260 g/mol. The van der Waals surface area contributed by atoms with E-state index in [9.17, 15) is 15.3 Å². The van der Waals surface area contributed by atoms with Crippen LogP contribution in [-0.4, -0.2) is 35.0 Å². The lowest BCUT2D eigenvalue weighted by molar-refractivity contribution is 0.0129. The zero-order chi connectivity index (χ0) is 12.8. The first-order chi connectivity index (χ1) is 8.10. The molecular formula is C12H18ClNO3. The summed E-state index contributed by atoms with van der Waals surface area (Å²) in [5.41, 5.74) is 1.05. The topological polar surface area (TPSA) is 72.7 Å². The van der Waals surface area contributed by atoms with Crippen molar-refractivity contribution < 1.29 is 15.3 Å². The molecule has 4 N–H and O–H groups in total. The van der Waals surface area contributed by atoms with E-state index in [-0.39, 0.29) is 6.61 Å². The van der Waals surface area contributed by atoms with Gasteiger partial charge in [0.15, 0.2) is 0 Å². The van der Waals surface area contributed by atoms with Crippen molar-refractivity contribution in [1.82, 2.24) is 5.32 Å². The number of nitrogens with one attached hydrogen (secondary N) is 1. The molecular weight excluding hydrogens is 242 g/mol. The second-order valence-corrected chi connectivity index (χ2v) is 4.34. The Bertz CT molecular complexity index is 360. The molecule has 1 aromatic rings. The maximum Gasteiger partial charge on any atom is 0.105 e. The summed E-state index contributed by atoms with van der Waals surface area (Å²) in [4.78, 5) is 0. The van der Waals surface area contributed by atoms with Gasteiger partial charge in [0.25, 0.3) is 0 Å². The number of aliphatic hydroxyl groups excluding tert-OH is 3. The summed E-state index contributed by atoms with van der Waals surface area (Å²) in [6, 6.07) is 4.84. The van der Waals surface area contributed by atoms with E-state index in [2.05, 4.69) is 5.32 Å². The normalized spacial score (nSPS) is 14.6.